The number of phenolic OH excluding ortho intramolecular Hbond substituents is 1. The molecule has 4 atom stereocenters. The zero-order chi connectivity index (χ0) is 41.8. The van der Waals surface area contributed by atoms with E-state index in [1.807, 2.05) is 74.4 Å². The number of aromatic hydroxyl groups is 1. The van der Waals surface area contributed by atoms with Gasteiger partial charge in [-0.15, -0.1) is 21.5 Å². The van der Waals surface area contributed by atoms with Crippen LogP contribution in [-0.2, 0) is 20.9 Å². The number of nitrogen functional groups attached to an aromatic ring is 1. The van der Waals surface area contributed by atoms with Gasteiger partial charge in [0, 0.05) is 61.9 Å². The molecule has 0 spiro atoms. The monoisotopic (exact) mass is 820 g/mol. The van der Waals surface area contributed by atoms with Gasteiger partial charge in [-0.05, 0) is 61.1 Å². The van der Waals surface area contributed by atoms with Gasteiger partial charge >= 0.3 is 0 Å². The van der Waals surface area contributed by atoms with Gasteiger partial charge in [0.25, 0.3) is 0 Å². The number of thiazole rings is 1. The van der Waals surface area contributed by atoms with Gasteiger partial charge in [-0.25, -0.2) is 4.98 Å². The molecule has 0 saturated carbocycles. The fraction of sp³-hybridized carbons (Fsp3) is 0.419. The number of carbonyl (C=O) groups is 3. The van der Waals surface area contributed by atoms with Gasteiger partial charge in [0.1, 0.15) is 17.8 Å². The predicted octanol–water partition coefficient (Wildman–Crippen LogP) is 4.56. The van der Waals surface area contributed by atoms with E-state index in [0.29, 0.717) is 29.9 Å². The van der Waals surface area contributed by atoms with Crippen molar-refractivity contribution in [3.05, 3.63) is 83.8 Å². The molecule has 2 aliphatic rings. The zero-order valence-corrected chi connectivity index (χ0v) is 34.7. The van der Waals surface area contributed by atoms with Crippen LogP contribution in [-0.4, -0.2) is 107 Å². The number of carbonyl (C=O) groups excluding carboxylic acids is 3. The van der Waals surface area contributed by atoms with Gasteiger partial charge in [0.2, 0.25) is 17.7 Å². The quantitative estimate of drug-likeness (QED) is 0.118. The minimum atomic E-state index is -0.906. The molecule has 16 heteroatoms. The molecule has 3 amide bonds. The summed E-state index contributed by atoms with van der Waals surface area (Å²) in [7, 11) is 0. The smallest absolute Gasteiger partial charge is 0.246 e. The topological polar surface area (TPSA) is 205 Å². The Kier molecular flexibility index (Phi) is 12.4. The molecule has 2 aliphatic heterocycles. The number of benzene rings is 2. The maximum atomic E-state index is 14.1. The Labute approximate surface area is 347 Å². The van der Waals surface area contributed by atoms with E-state index in [-0.39, 0.29) is 55.4 Å². The minimum absolute atomic E-state index is 0.00855. The predicted molar refractivity (Wildman–Crippen MR) is 226 cm³/mol. The number of phenols is 1. The number of aromatic nitrogens is 5. The lowest BCUT2D eigenvalue weighted by atomic mass is 9.85. The summed E-state index contributed by atoms with van der Waals surface area (Å²) in [4.78, 5) is 50.2. The number of rotatable bonds is 12. The number of β-amino-alcohol motifs (C(OH)–C–C–N with tert-alkyl or cyclic N) is 1. The first-order valence-corrected chi connectivity index (χ1v) is 20.9. The third-order valence-corrected chi connectivity index (χ3v) is 12.1. The number of hydrogen-bond acceptors (Lipinski definition) is 12. The second-order valence-electron chi connectivity index (χ2n) is 16.5. The highest BCUT2D eigenvalue weighted by molar-refractivity contribution is 7.13. The molecule has 6 N–H and O–H groups in total. The number of amides is 3. The molecular weight excluding hydrogens is 769 g/mol. The highest BCUT2D eigenvalue weighted by Crippen LogP contribution is 2.33. The molecule has 0 radical (unpaired) electrons. The van der Waals surface area contributed by atoms with Crippen LogP contribution in [0, 0.1) is 12.3 Å². The number of nitrogens with one attached hydrogen (secondary N) is 2. The fourth-order valence-electron chi connectivity index (χ4n) is 7.85. The van der Waals surface area contributed by atoms with Gasteiger partial charge in [-0.3, -0.25) is 19.1 Å². The number of aliphatic hydroxyl groups excluding tert-OH is 1. The second-order valence-corrected chi connectivity index (χ2v) is 17.4. The van der Waals surface area contributed by atoms with Gasteiger partial charge in [0.15, 0.2) is 5.82 Å². The van der Waals surface area contributed by atoms with E-state index in [4.69, 9.17) is 5.73 Å². The van der Waals surface area contributed by atoms with Crippen molar-refractivity contribution in [2.75, 3.05) is 31.9 Å². The van der Waals surface area contributed by atoms with Crippen molar-refractivity contribution in [1.82, 2.24) is 45.4 Å². The van der Waals surface area contributed by atoms with E-state index in [2.05, 4.69) is 35.8 Å². The summed E-state index contributed by atoms with van der Waals surface area (Å²) >= 11 is 1.58. The summed E-state index contributed by atoms with van der Waals surface area (Å²) in [6.07, 6.45) is 4.95. The van der Waals surface area contributed by atoms with Crippen molar-refractivity contribution in [2.24, 2.45) is 5.41 Å². The Morgan fingerprint density at radius 3 is 2.54 bits per heavy atom. The van der Waals surface area contributed by atoms with Crippen LogP contribution in [0.15, 0.2) is 72.5 Å². The molecule has 2 saturated heterocycles. The van der Waals surface area contributed by atoms with Crippen LogP contribution >= 0.6 is 11.3 Å². The molecule has 15 nitrogen and oxygen atoms in total. The first-order valence-electron chi connectivity index (χ1n) is 20.0. The SMILES string of the molecule is Cc1ncsc1-c1ccc(CNC(=O)[C@@H]2C[C@@H](O)CN2C(=O)[C@@H](NC(=O)CCN2CCCC(n3cc(-c4cc(-c5ccccc5O)nnc4N)cn3)C2)C(C)(C)C)cc1. The molecule has 5 heterocycles. The number of likely N-dealkylation sites (tertiary alicyclic amines) is 2. The van der Waals surface area contributed by atoms with Crippen molar-refractivity contribution >= 4 is 34.9 Å². The van der Waals surface area contributed by atoms with Crippen molar-refractivity contribution in [1.29, 1.82) is 0 Å². The molecule has 3 aromatic heterocycles. The van der Waals surface area contributed by atoms with Crippen molar-refractivity contribution in [3.8, 4) is 38.6 Å². The van der Waals surface area contributed by atoms with Crippen molar-refractivity contribution in [2.45, 2.75) is 84.2 Å². The second kappa shape index (κ2) is 17.6. The van der Waals surface area contributed by atoms with Gasteiger partial charge in [0.05, 0.1) is 40.1 Å². The first-order chi connectivity index (χ1) is 28.2. The molecule has 7 rings (SSSR count). The molecular formula is C43H52N10O5S. The molecule has 5 aromatic rings. The third-order valence-electron chi connectivity index (χ3n) is 11.1. The molecule has 310 valence electrons. The van der Waals surface area contributed by atoms with E-state index in [9.17, 15) is 24.6 Å². The number of piperidine rings is 1. The normalized spacial score (nSPS) is 19.1. The zero-order valence-electron chi connectivity index (χ0n) is 33.8. The number of hydrogen-bond donors (Lipinski definition) is 5. The number of aryl methyl sites for hydroxylation is 1. The van der Waals surface area contributed by atoms with E-state index in [1.54, 1.807) is 41.8 Å². The molecule has 1 unspecified atom stereocenters. The van der Waals surface area contributed by atoms with Crippen LogP contribution < -0.4 is 16.4 Å². The maximum absolute atomic E-state index is 14.1. The van der Waals surface area contributed by atoms with Crippen LogP contribution in [0.1, 0.15) is 63.8 Å². The summed E-state index contributed by atoms with van der Waals surface area (Å²) in [6, 6.07) is 14.9. The average Bonchev–Trinajstić information content (AvgIpc) is 3.99. The van der Waals surface area contributed by atoms with Crippen LogP contribution in [0.4, 0.5) is 5.82 Å². The van der Waals surface area contributed by atoms with Crippen molar-refractivity contribution in [3.63, 3.8) is 0 Å². The van der Waals surface area contributed by atoms with Crippen LogP contribution in [0.5, 0.6) is 5.75 Å². The number of anilines is 1. The van der Waals surface area contributed by atoms with Gasteiger partial charge in [-0.1, -0.05) is 57.2 Å². The average molecular weight is 821 g/mol. The lowest BCUT2D eigenvalue weighted by Gasteiger charge is -2.36. The summed E-state index contributed by atoms with van der Waals surface area (Å²) < 4.78 is 1.92. The Balaban J connectivity index is 0.937. The Hall–Kier alpha value is -5.71. The molecule has 2 fully saturated rings. The molecule has 2 aromatic carbocycles. The fourth-order valence-corrected chi connectivity index (χ4v) is 8.67. The standard InChI is InChI=1S/C43H52N10O5S/c1-26-38(59-25-46-26)28-13-11-27(12-14-28)20-45-41(57)35-18-31(54)24-52(35)42(58)39(43(2,3)4)48-37(56)15-17-51-16-7-8-30(23-51)53-22-29(21-47-53)33-19-34(49-50-40(33)44)32-9-5-6-10-36(32)55/h5-6,9-14,19,21-22,25,30-31,35,39,54-55H,7-8,15-18,20,23-24H2,1-4H3,(H2,44,50)(H,45,57)(H,48,56)/t30?,31-,35+,39-/m1/s1. The molecule has 0 bridgehead atoms. The third kappa shape index (κ3) is 9.61. The number of para-hydroxylation sites is 1. The van der Waals surface area contributed by atoms with E-state index < -0.39 is 29.5 Å². The summed E-state index contributed by atoms with van der Waals surface area (Å²) in [6.45, 7) is 9.88. The highest BCUT2D eigenvalue weighted by Gasteiger charge is 2.44. The largest absolute Gasteiger partial charge is 0.507 e. The Bertz CT molecular complexity index is 2290. The number of aliphatic hydroxyl groups is 1. The maximum Gasteiger partial charge on any atom is 0.246 e. The number of nitrogens with zero attached hydrogens (tertiary/aromatic N) is 7. The van der Waals surface area contributed by atoms with E-state index in [0.717, 1.165) is 46.6 Å². The lowest BCUT2D eigenvalue weighted by Crippen LogP contribution is -2.58. The summed E-state index contributed by atoms with van der Waals surface area (Å²) in [5, 5.41) is 39.9. The van der Waals surface area contributed by atoms with Crippen molar-refractivity contribution < 1.29 is 24.6 Å². The van der Waals surface area contributed by atoms with Crippen LogP contribution in [0.2, 0.25) is 0 Å². The lowest BCUT2D eigenvalue weighted by molar-refractivity contribution is -0.144. The first kappa shape index (κ1) is 41.4. The Morgan fingerprint density at radius 1 is 1.03 bits per heavy atom. The minimum Gasteiger partial charge on any atom is -0.507 e. The van der Waals surface area contributed by atoms with Crippen LogP contribution in [0.25, 0.3) is 32.8 Å². The highest BCUT2D eigenvalue weighted by atomic mass is 32.1. The van der Waals surface area contributed by atoms with Gasteiger partial charge < -0.3 is 36.4 Å². The molecule has 59 heavy (non-hydrogen) atoms. The van der Waals surface area contributed by atoms with Gasteiger partial charge in [-0.2, -0.15) is 5.10 Å². The molecule has 0 aliphatic carbocycles. The van der Waals surface area contributed by atoms with E-state index >= 15 is 0 Å². The number of nitrogens with two attached hydrogens (primary N) is 1. The summed E-state index contributed by atoms with van der Waals surface area (Å²) in [5.41, 5.74) is 12.8. The Morgan fingerprint density at radius 2 is 1.81 bits per heavy atom. The summed E-state index contributed by atoms with van der Waals surface area (Å²) in [5.74, 6) is -0.649. The van der Waals surface area contributed by atoms with E-state index in [1.165, 1.54) is 4.90 Å². The van der Waals surface area contributed by atoms with Crippen LogP contribution in [0.3, 0.4) is 0 Å².